The summed E-state index contributed by atoms with van der Waals surface area (Å²) in [4.78, 5) is 0. The van der Waals surface area contributed by atoms with Crippen molar-refractivity contribution >= 4 is 11.4 Å². The van der Waals surface area contributed by atoms with E-state index in [-0.39, 0.29) is 0 Å². The fourth-order valence-corrected chi connectivity index (χ4v) is 6.08. The van der Waals surface area contributed by atoms with Gasteiger partial charge in [0, 0.05) is 11.4 Å². The van der Waals surface area contributed by atoms with Crippen LogP contribution in [0.4, 0.5) is 11.4 Å². The van der Waals surface area contributed by atoms with Crippen molar-refractivity contribution in [2.24, 2.45) is 0 Å². The van der Waals surface area contributed by atoms with Gasteiger partial charge in [0.05, 0.1) is 5.41 Å². The summed E-state index contributed by atoms with van der Waals surface area (Å²) < 4.78 is 0. The highest BCUT2D eigenvalue weighted by Gasteiger charge is 2.46. The molecule has 1 aliphatic rings. The van der Waals surface area contributed by atoms with Crippen LogP contribution in [0.25, 0.3) is 22.3 Å². The third-order valence-corrected chi connectivity index (χ3v) is 7.72. The van der Waals surface area contributed by atoms with Gasteiger partial charge in [-0.2, -0.15) is 0 Å². The summed E-state index contributed by atoms with van der Waals surface area (Å²) in [6.07, 6.45) is 0. The number of hydrogen-bond acceptors (Lipinski definition) is 1. The van der Waals surface area contributed by atoms with Gasteiger partial charge in [0.25, 0.3) is 0 Å². The molecule has 0 amide bonds. The number of anilines is 2. The van der Waals surface area contributed by atoms with Crippen LogP contribution in [-0.4, -0.2) is 0 Å². The molecule has 7 rings (SSSR count). The van der Waals surface area contributed by atoms with Crippen LogP contribution in [0.5, 0.6) is 0 Å². The summed E-state index contributed by atoms with van der Waals surface area (Å²) in [6.45, 7) is 0. The number of fused-ring (bicyclic) bond motifs is 3. The maximum Gasteiger partial charge on any atom is 0.0714 e. The van der Waals surface area contributed by atoms with Gasteiger partial charge in [-0.1, -0.05) is 127 Å². The second-order valence-corrected chi connectivity index (χ2v) is 9.86. The molecule has 0 spiro atoms. The fraction of sp³-hybridized carbons (Fsp3) is 0.0270. The largest absolute Gasteiger partial charge is 0.356 e. The monoisotopic (exact) mass is 485 g/mol. The Morgan fingerprint density at radius 3 is 1.76 bits per heavy atom. The van der Waals surface area contributed by atoms with Crippen LogP contribution in [0.3, 0.4) is 0 Å². The lowest BCUT2D eigenvalue weighted by molar-refractivity contribution is 0.769. The summed E-state index contributed by atoms with van der Waals surface area (Å²) in [5.74, 6) is 0. The molecule has 0 aliphatic heterocycles. The molecule has 0 bridgehead atoms. The first kappa shape index (κ1) is 22.3. The Bertz CT molecular complexity index is 1720. The van der Waals surface area contributed by atoms with Crippen molar-refractivity contribution in [2.45, 2.75) is 5.41 Å². The van der Waals surface area contributed by atoms with Gasteiger partial charge in [-0.05, 0) is 74.8 Å². The zero-order valence-corrected chi connectivity index (χ0v) is 21.0. The first-order chi connectivity index (χ1) is 18.8. The smallest absolute Gasteiger partial charge is 0.0714 e. The summed E-state index contributed by atoms with van der Waals surface area (Å²) >= 11 is 0. The lowest BCUT2D eigenvalue weighted by Gasteiger charge is -2.34. The Labute approximate surface area is 224 Å². The molecular formula is C37H27N. The van der Waals surface area contributed by atoms with Crippen molar-refractivity contribution in [3.8, 4) is 22.3 Å². The van der Waals surface area contributed by atoms with E-state index < -0.39 is 5.41 Å². The molecular weight excluding hydrogens is 458 g/mol. The minimum Gasteiger partial charge on any atom is -0.356 e. The topological polar surface area (TPSA) is 12.0 Å². The van der Waals surface area contributed by atoms with Gasteiger partial charge in [-0.25, -0.2) is 0 Å². The van der Waals surface area contributed by atoms with E-state index in [1.165, 1.54) is 44.5 Å². The SMILES string of the molecule is c1ccc(Nc2cccc(C3(c4ccccc4)c4ccccc4-c4ccc(-c5ccccc5)cc43)c2)cc1. The Balaban J connectivity index is 1.51. The lowest BCUT2D eigenvalue weighted by Crippen LogP contribution is -2.28. The molecule has 0 aromatic heterocycles. The Hall–Kier alpha value is -4.88. The van der Waals surface area contributed by atoms with Crippen LogP contribution >= 0.6 is 0 Å². The predicted molar refractivity (Wildman–Crippen MR) is 159 cm³/mol. The quantitative estimate of drug-likeness (QED) is 0.256. The minimum atomic E-state index is -0.438. The molecule has 6 aromatic carbocycles. The molecule has 38 heavy (non-hydrogen) atoms. The van der Waals surface area contributed by atoms with Gasteiger partial charge in [-0.3, -0.25) is 0 Å². The first-order valence-electron chi connectivity index (χ1n) is 13.1. The van der Waals surface area contributed by atoms with Crippen LogP contribution in [0.1, 0.15) is 22.3 Å². The molecule has 180 valence electrons. The number of rotatable bonds is 5. The van der Waals surface area contributed by atoms with Gasteiger partial charge in [-0.15, -0.1) is 0 Å². The molecule has 6 aromatic rings. The van der Waals surface area contributed by atoms with Crippen LogP contribution in [0, 0.1) is 0 Å². The summed E-state index contributed by atoms with van der Waals surface area (Å²) in [7, 11) is 0. The molecule has 0 saturated heterocycles. The number of benzene rings is 6. The van der Waals surface area contributed by atoms with E-state index in [1.807, 2.05) is 6.07 Å². The fourth-order valence-electron chi connectivity index (χ4n) is 6.08. The van der Waals surface area contributed by atoms with E-state index >= 15 is 0 Å². The molecule has 1 unspecified atom stereocenters. The first-order valence-corrected chi connectivity index (χ1v) is 13.1. The maximum absolute atomic E-state index is 3.62. The van der Waals surface area contributed by atoms with Gasteiger partial charge < -0.3 is 5.32 Å². The number of hydrogen-bond donors (Lipinski definition) is 1. The van der Waals surface area contributed by atoms with Gasteiger partial charge >= 0.3 is 0 Å². The van der Waals surface area contributed by atoms with Crippen molar-refractivity contribution in [2.75, 3.05) is 5.32 Å². The maximum atomic E-state index is 3.62. The van der Waals surface area contributed by atoms with E-state index in [9.17, 15) is 0 Å². The zero-order valence-electron chi connectivity index (χ0n) is 21.0. The second-order valence-electron chi connectivity index (χ2n) is 9.86. The van der Waals surface area contributed by atoms with E-state index in [1.54, 1.807) is 0 Å². The highest BCUT2D eigenvalue weighted by atomic mass is 14.9. The van der Waals surface area contributed by atoms with E-state index in [0.717, 1.165) is 11.4 Å². The molecule has 1 N–H and O–H groups in total. The second kappa shape index (κ2) is 9.21. The average molecular weight is 486 g/mol. The molecule has 0 fully saturated rings. The lowest BCUT2D eigenvalue weighted by atomic mass is 9.67. The van der Waals surface area contributed by atoms with E-state index in [2.05, 4.69) is 157 Å². The Morgan fingerprint density at radius 1 is 0.368 bits per heavy atom. The molecule has 1 aliphatic carbocycles. The van der Waals surface area contributed by atoms with Gasteiger partial charge in [0.2, 0.25) is 0 Å². The molecule has 0 saturated carbocycles. The van der Waals surface area contributed by atoms with Crippen molar-refractivity contribution in [3.63, 3.8) is 0 Å². The minimum absolute atomic E-state index is 0.438. The third-order valence-electron chi connectivity index (χ3n) is 7.72. The van der Waals surface area contributed by atoms with E-state index in [0.29, 0.717) is 0 Å². The zero-order chi connectivity index (χ0) is 25.4. The van der Waals surface area contributed by atoms with Crippen molar-refractivity contribution < 1.29 is 0 Å². The van der Waals surface area contributed by atoms with Gasteiger partial charge in [0.1, 0.15) is 0 Å². The van der Waals surface area contributed by atoms with Gasteiger partial charge in [0.15, 0.2) is 0 Å². The Kier molecular flexibility index (Phi) is 5.41. The standard InChI is InChI=1S/C37H27N/c1-4-13-27(14-5-1)28-23-24-34-33-21-10-11-22-35(33)37(36(34)25-28,29-15-6-2-7-16-29)30-17-12-20-32(26-30)38-31-18-8-3-9-19-31/h1-26,38H. The number of para-hydroxylation sites is 1. The molecule has 1 atom stereocenters. The van der Waals surface area contributed by atoms with Crippen LogP contribution in [-0.2, 0) is 5.41 Å². The molecule has 1 heteroatoms. The van der Waals surface area contributed by atoms with Crippen molar-refractivity contribution in [3.05, 3.63) is 180 Å². The Morgan fingerprint density at radius 2 is 0.974 bits per heavy atom. The van der Waals surface area contributed by atoms with Crippen LogP contribution in [0.2, 0.25) is 0 Å². The van der Waals surface area contributed by atoms with Crippen LogP contribution < -0.4 is 5.32 Å². The summed E-state index contributed by atoms with van der Waals surface area (Å²) in [5, 5.41) is 3.62. The molecule has 1 nitrogen and oxygen atoms in total. The normalized spacial score (nSPS) is 15.5. The summed E-state index contributed by atoms with van der Waals surface area (Å²) in [6, 6.07) is 56.9. The number of nitrogens with one attached hydrogen (secondary N) is 1. The highest BCUT2D eigenvalue weighted by Crippen LogP contribution is 2.56. The van der Waals surface area contributed by atoms with Crippen molar-refractivity contribution in [1.82, 2.24) is 0 Å². The van der Waals surface area contributed by atoms with E-state index in [4.69, 9.17) is 0 Å². The highest BCUT2D eigenvalue weighted by molar-refractivity contribution is 5.88. The third kappa shape index (κ3) is 3.55. The average Bonchev–Trinajstić information content (AvgIpc) is 3.29. The molecule has 0 radical (unpaired) electrons. The van der Waals surface area contributed by atoms with Crippen molar-refractivity contribution in [1.29, 1.82) is 0 Å². The molecule has 0 heterocycles. The predicted octanol–water partition coefficient (Wildman–Crippen LogP) is 9.46. The van der Waals surface area contributed by atoms with Crippen LogP contribution in [0.15, 0.2) is 158 Å². The summed E-state index contributed by atoms with van der Waals surface area (Å²) in [5.41, 5.74) is 11.9.